The summed E-state index contributed by atoms with van der Waals surface area (Å²) < 4.78 is 15.0. The van der Waals surface area contributed by atoms with Crippen LogP contribution in [0.5, 0.6) is 0 Å². The first-order valence-corrected chi connectivity index (χ1v) is 18.8. The Morgan fingerprint density at radius 1 is 0.407 bits per heavy atom. The van der Waals surface area contributed by atoms with Crippen LogP contribution in [0.15, 0.2) is 191 Å². The van der Waals surface area contributed by atoms with Gasteiger partial charge in [0.1, 0.15) is 16.7 Å². The quantitative estimate of drug-likeness (QED) is 0.172. The van der Waals surface area contributed by atoms with E-state index in [1.807, 2.05) is 47.7 Å². The van der Waals surface area contributed by atoms with Crippen molar-refractivity contribution in [3.63, 3.8) is 0 Å². The maximum absolute atomic E-state index is 6.32. The summed E-state index contributed by atoms with van der Waals surface area (Å²) in [4.78, 5) is 7.20. The molecule has 0 bridgehead atoms. The van der Waals surface area contributed by atoms with Crippen LogP contribution in [0.25, 0.3) is 86.9 Å². The second kappa shape index (κ2) is 12.3. The van der Waals surface area contributed by atoms with Crippen LogP contribution >= 0.6 is 11.3 Å². The molecule has 3 aromatic heterocycles. The number of nitrogens with zero attached hydrogens (tertiary/aromatic N) is 2. The molecule has 0 aliphatic carbocycles. The molecule has 0 unspecified atom stereocenters. The molecule has 4 nitrogen and oxygen atoms in total. The Kier molecular flexibility index (Phi) is 7.00. The summed E-state index contributed by atoms with van der Waals surface area (Å²) >= 11 is 1.84. The number of fused-ring (bicyclic) bond motifs is 7. The fourth-order valence-corrected chi connectivity index (χ4v) is 8.81. The molecule has 11 aromatic rings. The largest absolute Gasteiger partial charge is 0.456 e. The van der Waals surface area contributed by atoms with Crippen LogP contribution in [-0.2, 0) is 0 Å². The number of thiophene rings is 1. The lowest BCUT2D eigenvalue weighted by molar-refractivity contribution is 0.617. The Hall–Kier alpha value is -6.95. The summed E-state index contributed by atoms with van der Waals surface area (Å²) in [5.74, 6) is 0.605. The molecule has 0 radical (unpaired) electrons. The van der Waals surface area contributed by atoms with Gasteiger partial charge in [-0.25, -0.2) is 4.98 Å². The highest BCUT2D eigenvalue weighted by molar-refractivity contribution is 7.26. The second-order valence-corrected chi connectivity index (χ2v) is 14.6. The zero-order valence-electron chi connectivity index (χ0n) is 28.9. The number of anilines is 3. The van der Waals surface area contributed by atoms with Crippen molar-refractivity contribution in [3.8, 4) is 33.7 Å². The zero-order valence-corrected chi connectivity index (χ0v) is 29.8. The molecule has 3 heterocycles. The van der Waals surface area contributed by atoms with Crippen molar-refractivity contribution in [1.82, 2.24) is 4.98 Å². The third-order valence-corrected chi connectivity index (χ3v) is 11.4. The van der Waals surface area contributed by atoms with Gasteiger partial charge in [0.15, 0.2) is 5.58 Å². The van der Waals surface area contributed by atoms with E-state index in [0.717, 1.165) is 61.2 Å². The molecule has 0 aliphatic rings. The minimum Gasteiger partial charge on any atom is -0.456 e. The van der Waals surface area contributed by atoms with Crippen molar-refractivity contribution >= 4 is 81.6 Å². The number of furan rings is 1. The summed E-state index contributed by atoms with van der Waals surface area (Å²) in [5, 5.41) is 4.61. The molecule has 54 heavy (non-hydrogen) atoms. The average molecular weight is 711 g/mol. The van der Waals surface area contributed by atoms with Gasteiger partial charge in [0.05, 0.1) is 5.69 Å². The van der Waals surface area contributed by atoms with Crippen molar-refractivity contribution in [1.29, 1.82) is 0 Å². The third kappa shape index (κ3) is 5.09. The third-order valence-electron chi connectivity index (χ3n) is 10.3. The van der Waals surface area contributed by atoms with Crippen LogP contribution in [0, 0.1) is 0 Å². The molecule has 0 spiro atoms. The Morgan fingerprint density at radius 3 is 1.78 bits per heavy atom. The molecule has 0 atom stereocenters. The van der Waals surface area contributed by atoms with Gasteiger partial charge in [0.2, 0.25) is 5.89 Å². The van der Waals surface area contributed by atoms with E-state index in [4.69, 9.17) is 13.8 Å². The van der Waals surface area contributed by atoms with Gasteiger partial charge in [0, 0.05) is 53.9 Å². The molecule has 254 valence electrons. The van der Waals surface area contributed by atoms with Crippen molar-refractivity contribution in [2.45, 2.75) is 0 Å². The van der Waals surface area contributed by atoms with Crippen LogP contribution in [0.1, 0.15) is 0 Å². The first-order chi connectivity index (χ1) is 26.7. The first-order valence-electron chi connectivity index (χ1n) is 18.0. The molecule has 0 amide bonds. The molecular weight excluding hydrogens is 681 g/mol. The maximum Gasteiger partial charge on any atom is 0.227 e. The van der Waals surface area contributed by atoms with Crippen LogP contribution in [0.4, 0.5) is 17.1 Å². The van der Waals surface area contributed by atoms with Gasteiger partial charge in [-0.3, -0.25) is 0 Å². The summed E-state index contributed by atoms with van der Waals surface area (Å²) in [5.41, 5.74) is 12.1. The number of hydrogen-bond donors (Lipinski definition) is 0. The van der Waals surface area contributed by atoms with E-state index in [1.165, 1.54) is 31.3 Å². The van der Waals surface area contributed by atoms with E-state index in [0.29, 0.717) is 11.5 Å². The lowest BCUT2D eigenvalue weighted by Gasteiger charge is -2.27. The highest BCUT2D eigenvalue weighted by Crippen LogP contribution is 2.45. The smallest absolute Gasteiger partial charge is 0.227 e. The maximum atomic E-state index is 6.32. The Balaban J connectivity index is 1.00. The van der Waals surface area contributed by atoms with E-state index in [-0.39, 0.29) is 0 Å². The topological polar surface area (TPSA) is 42.4 Å². The van der Waals surface area contributed by atoms with Crippen molar-refractivity contribution < 1.29 is 8.83 Å². The SMILES string of the molecule is c1ccc(-c2ccc(N(c3ccc(-c4ccc5oc6cc7oc(-c8ccccc8)nc7cc6c5c4)cc3)c3cccc4sc5ccccc5c34)cc2)cc1. The summed E-state index contributed by atoms with van der Waals surface area (Å²) in [7, 11) is 0. The van der Waals surface area contributed by atoms with Gasteiger partial charge in [-0.05, 0) is 95.1 Å². The summed E-state index contributed by atoms with van der Waals surface area (Å²) in [6, 6.07) is 64.1. The molecule has 8 aromatic carbocycles. The fourth-order valence-electron chi connectivity index (χ4n) is 7.69. The molecule has 0 fully saturated rings. The van der Waals surface area contributed by atoms with Gasteiger partial charge < -0.3 is 13.7 Å². The minimum absolute atomic E-state index is 0.605. The highest BCUT2D eigenvalue weighted by Gasteiger charge is 2.19. The number of oxazole rings is 1. The van der Waals surface area contributed by atoms with Gasteiger partial charge in [-0.2, -0.15) is 0 Å². The Labute approximate surface area is 314 Å². The van der Waals surface area contributed by atoms with E-state index in [9.17, 15) is 0 Å². The van der Waals surface area contributed by atoms with Gasteiger partial charge >= 0.3 is 0 Å². The predicted octanol–water partition coefficient (Wildman–Crippen LogP) is 14.6. The summed E-state index contributed by atoms with van der Waals surface area (Å²) in [6.45, 7) is 0. The monoisotopic (exact) mass is 710 g/mol. The Morgan fingerprint density at radius 2 is 1.02 bits per heavy atom. The minimum atomic E-state index is 0.605. The normalized spacial score (nSPS) is 11.7. The molecule has 11 rings (SSSR count). The first kappa shape index (κ1) is 30.7. The molecule has 5 heteroatoms. The van der Waals surface area contributed by atoms with Gasteiger partial charge in [-0.1, -0.05) is 103 Å². The Bertz CT molecular complexity index is 3140. The molecular formula is C49H30N2O2S. The van der Waals surface area contributed by atoms with Crippen molar-refractivity contribution in [2.75, 3.05) is 4.90 Å². The van der Waals surface area contributed by atoms with E-state index >= 15 is 0 Å². The standard InChI is InChI=1S/C49H30N2O2S/c1-3-10-31(11-4-1)32-18-23-36(24-19-32)51(42-15-9-17-47-48(42)38-14-7-8-16-46(38)54-47)37-25-20-33(21-26-37)35-22-27-43-39(28-35)40-29-41-45(30-44(40)52-43)53-49(50-41)34-12-5-2-6-13-34/h1-30H. The zero-order chi connectivity index (χ0) is 35.6. The highest BCUT2D eigenvalue weighted by atomic mass is 32.1. The second-order valence-electron chi connectivity index (χ2n) is 13.6. The van der Waals surface area contributed by atoms with Crippen LogP contribution in [-0.4, -0.2) is 4.98 Å². The summed E-state index contributed by atoms with van der Waals surface area (Å²) in [6.07, 6.45) is 0. The molecule has 0 saturated heterocycles. The lowest BCUT2D eigenvalue weighted by atomic mass is 10.0. The van der Waals surface area contributed by atoms with Crippen LogP contribution in [0.3, 0.4) is 0 Å². The average Bonchev–Trinajstić information content (AvgIpc) is 3.94. The van der Waals surface area contributed by atoms with E-state index < -0.39 is 0 Å². The van der Waals surface area contributed by atoms with Crippen LogP contribution < -0.4 is 4.90 Å². The van der Waals surface area contributed by atoms with E-state index in [2.05, 4.69) is 150 Å². The molecule has 0 N–H and O–H groups in total. The number of aromatic nitrogens is 1. The van der Waals surface area contributed by atoms with Gasteiger partial charge in [0.25, 0.3) is 0 Å². The van der Waals surface area contributed by atoms with Crippen molar-refractivity contribution in [2.24, 2.45) is 0 Å². The van der Waals surface area contributed by atoms with Gasteiger partial charge in [-0.15, -0.1) is 11.3 Å². The number of benzene rings is 8. The molecule has 0 saturated carbocycles. The number of hydrogen-bond acceptors (Lipinski definition) is 5. The fraction of sp³-hybridized carbons (Fsp3) is 0. The number of rotatable bonds is 6. The van der Waals surface area contributed by atoms with E-state index in [1.54, 1.807) is 0 Å². The molecule has 0 aliphatic heterocycles. The van der Waals surface area contributed by atoms with Crippen LogP contribution in [0.2, 0.25) is 0 Å². The lowest BCUT2D eigenvalue weighted by Crippen LogP contribution is -2.10. The van der Waals surface area contributed by atoms with Crippen molar-refractivity contribution in [3.05, 3.63) is 182 Å². The predicted molar refractivity (Wildman–Crippen MR) is 225 cm³/mol.